The maximum absolute atomic E-state index is 11.7. The van der Waals surface area contributed by atoms with Gasteiger partial charge in [-0.25, -0.2) is 13.6 Å². The predicted octanol–water partition coefficient (Wildman–Crippen LogP) is 0.995. The van der Waals surface area contributed by atoms with Gasteiger partial charge < -0.3 is 5.73 Å². The van der Waals surface area contributed by atoms with Crippen LogP contribution in [0.2, 0.25) is 0 Å². The number of nitrogens with two attached hydrogens (primary N) is 2. The number of benzene rings is 1. The molecule has 0 aliphatic rings. The minimum absolute atomic E-state index is 0.0417. The van der Waals surface area contributed by atoms with E-state index in [9.17, 15) is 13.2 Å². The normalized spacial score (nSPS) is 12.5. The molecule has 0 saturated carbocycles. The zero-order valence-corrected chi connectivity index (χ0v) is 10.8. The Balaban J connectivity index is 3.52. The van der Waals surface area contributed by atoms with Gasteiger partial charge >= 0.3 is 0 Å². The molecular weight excluding hydrogens is 240 g/mol. The van der Waals surface area contributed by atoms with Crippen molar-refractivity contribution in [1.29, 1.82) is 0 Å². The lowest BCUT2D eigenvalue weighted by molar-refractivity contribution is 0.107. The van der Waals surface area contributed by atoms with E-state index in [0.717, 1.165) is 0 Å². The summed E-state index contributed by atoms with van der Waals surface area (Å²) in [6, 6.07) is 4.61. The molecule has 0 amide bonds. The summed E-state index contributed by atoms with van der Waals surface area (Å²) in [4.78, 5) is 11.7. The lowest BCUT2D eigenvalue weighted by Crippen LogP contribution is -2.27. The molecule has 1 rings (SSSR count). The molecule has 0 unspecified atom stereocenters. The van der Waals surface area contributed by atoms with Crippen molar-refractivity contribution < 1.29 is 13.2 Å². The Labute approximate surface area is 101 Å². The number of anilines is 1. The summed E-state index contributed by atoms with van der Waals surface area (Å²) in [5.74, 6) is 0. The van der Waals surface area contributed by atoms with Crippen LogP contribution in [0, 0.1) is 0 Å². The predicted molar refractivity (Wildman–Crippen MR) is 67.0 cm³/mol. The van der Waals surface area contributed by atoms with E-state index in [-0.39, 0.29) is 11.0 Å². The first-order valence-corrected chi connectivity index (χ1v) is 6.55. The summed E-state index contributed by atoms with van der Waals surface area (Å²) in [5.41, 5.74) is 6.16. The molecule has 1 aromatic carbocycles. The topological polar surface area (TPSA) is 103 Å². The number of nitrogen functional groups attached to an aromatic ring is 1. The highest BCUT2D eigenvalue weighted by Gasteiger charge is 2.27. The molecule has 17 heavy (non-hydrogen) atoms. The van der Waals surface area contributed by atoms with Gasteiger partial charge in [0.15, 0.2) is 0 Å². The Bertz CT molecular complexity index is 557. The summed E-state index contributed by atoms with van der Waals surface area (Å²) in [7, 11) is -4.25. The highest BCUT2D eigenvalue weighted by atomic mass is 32.2. The van der Waals surface area contributed by atoms with Gasteiger partial charge in [0.05, 0.1) is 0 Å². The number of carbonyl (C=O) groups is 1. The first-order valence-electron chi connectivity index (χ1n) is 5.00. The lowest BCUT2D eigenvalue weighted by Gasteiger charge is -2.22. The Kier molecular flexibility index (Phi) is 3.31. The van der Waals surface area contributed by atoms with E-state index in [1.165, 1.54) is 6.07 Å². The summed E-state index contributed by atoms with van der Waals surface area (Å²) < 4.78 is 22.2. The quantitative estimate of drug-likeness (QED) is 0.731. The summed E-state index contributed by atoms with van der Waals surface area (Å²) in [5, 5.41) is 3.75. The molecule has 0 spiro atoms. The molecule has 0 atom stereocenters. The van der Waals surface area contributed by atoms with Crippen LogP contribution in [-0.4, -0.2) is 13.5 Å². The second kappa shape index (κ2) is 4.12. The molecule has 0 bridgehead atoms. The van der Waals surface area contributed by atoms with E-state index < -0.39 is 15.1 Å². The van der Waals surface area contributed by atoms with Crippen LogP contribution in [0.4, 0.5) is 5.69 Å². The number of primary sulfonamides is 1. The first-order chi connectivity index (χ1) is 7.53. The van der Waals surface area contributed by atoms with E-state index in [0.29, 0.717) is 11.3 Å². The van der Waals surface area contributed by atoms with Gasteiger partial charge in [-0.15, -0.1) is 0 Å². The maximum atomic E-state index is 11.7. The molecule has 94 valence electrons. The molecule has 0 radical (unpaired) electrons. The molecular formula is C11H16N2O3S. The second-order valence-corrected chi connectivity index (χ2v) is 6.35. The fraction of sp³-hybridized carbons (Fsp3) is 0.364. The van der Waals surface area contributed by atoms with Gasteiger partial charge in [-0.2, -0.15) is 0 Å². The largest absolute Gasteiger partial charge is 0.399 e. The third kappa shape index (κ3) is 3.04. The molecule has 5 nitrogen and oxygen atoms in total. The molecule has 6 heteroatoms. The molecule has 0 fully saturated rings. The van der Waals surface area contributed by atoms with E-state index in [1.807, 2.05) is 20.8 Å². The van der Waals surface area contributed by atoms with E-state index in [1.54, 1.807) is 12.1 Å². The van der Waals surface area contributed by atoms with E-state index in [2.05, 4.69) is 0 Å². The smallest absolute Gasteiger partial charge is 0.291 e. The number of carbonyl (C=O) groups excluding carboxylic acids is 1. The molecule has 4 N–H and O–H groups in total. The zero-order chi connectivity index (χ0) is 13.4. The van der Waals surface area contributed by atoms with Gasteiger partial charge in [0.1, 0.15) is 0 Å². The fourth-order valence-electron chi connectivity index (χ4n) is 1.54. The Morgan fingerprint density at radius 1 is 1.24 bits per heavy atom. The SMILES string of the molecule is CC(C)(C)c1ccc(N)cc1C(=O)S(N)(=O)=O. The van der Waals surface area contributed by atoms with Crippen LogP contribution in [0.15, 0.2) is 18.2 Å². The highest BCUT2D eigenvalue weighted by molar-refractivity contribution is 8.04. The third-order valence-electron chi connectivity index (χ3n) is 2.33. The summed E-state index contributed by atoms with van der Waals surface area (Å²) >= 11 is 0. The Morgan fingerprint density at radius 2 is 1.76 bits per heavy atom. The second-order valence-electron chi connectivity index (χ2n) is 4.89. The van der Waals surface area contributed by atoms with Crippen molar-refractivity contribution in [3.05, 3.63) is 29.3 Å². The fourth-order valence-corrected chi connectivity index (χ4v) is 2.01. The minimum atomic E-state index is -4.25. The molecule has 1 aromatic rings. The number of hydrogen-bond donors (Lipinski definition) is 2. The zero-order valence-electron chi connectivity index (χ0n) is 10.0. The average molecular weight is 256 g/mol. The number of rotatable bonds is 1. The Morgan fingerprint density at radius 3 is 2.18 bits per heavy atom. The van der Waals surface area contributed by atoms with Gasteiger partial charge in [0, 0.05) is 11.3 Å². The van der Waals surface area contributed by atoms with Crippen LogP contribution >= 0.6 is 0 Å². The van der Waals surface area contributed by atoms with Gasteiger partial charge in [-0.3, -0.25) is 4.79 Å². The summed E-state index contributed by atoms with van der Waals surface area (Å²) in [6.07, 6.45) is 0. The lowest BCUT2D eigenvalue weighted by atomic mass is 9.84. The van der Waals surface area contributed by atoms with E-state index >= 15 is 0 Å². The molecule has 0 saturated heterocycles. The van der Waals surface area contributed by atoms with E-state index in [4.69, 9.17) is 10.9 Å². The Hall–Kier alpha value is -1.40. The van der Waals surface area contributed by atoms with Crippen LogP contribution < -0.4 is 10.9 Å². The minimum Gasteiger partial charge on any atom is -0.399 e. The van der Waals surface area contributed by atoms with Gasteiger partial charge in [-0.1, -0.05) is 26.8 Å². The molecule has 0 heterocycles. The molecule has 0 aliphatic heterocycles. The third-order valence-corrected chi connectivity index (χ3v) is 3.07. The van der Waals surface area contributed by atoms with Crippen molar-refractivity contribution >= 4 is 20.8 Å². The van der Waals surface area contributed by atoms with Crippen molar-refractivity contribution in [3.63, 3.8) is 0 Å². The average Bonchev–Trinajstić information content (AvgIpc) is 2.13. The van der Waals surface area contributed by atoms with Gasteiger partial charge in [0.25, 0.3) is 15.1 Å². The molecule has 0 aromatic heterocycles. The standard InChI is InChI=1S/C11H16N2O3S/c1-11(2,3)9-5-4-7(12)6-8(9)10(14)17(13,15)16/h4-6H,12H2,1-3H3,(H2,13,15,16). The van der Waals surface area contributed by atoms with Crippen molar-refractivity contribution in [2.45, 2.75) is 26.2 Å². The van der Waals surface area contributed by atoms with Crippen molar-refractivity contribution in [2.24, 2.45) is 5.14 Å². The van der Waals surface area contributed by atoms with Crippen molar-refractivity contribution in [3.8, 4) is 0 Å². The van der Waals surface area contributed by atoms with Crippen LogP contribution in [0.5, 0.6) is 0 Å². The maximum Gasteiger partial charge on any atom is 0.291 e. The number of hydrogen-bond acceptors (Lipinski definition) is 4. The van der Waals surface area contributed by atoms with Crippen LogP contribution in [0.1, 0.15) is 36.7 Å². The van der Waals surface area contributed by atoms with Crippen molar-refractivity contribution in [2.75, 3.05) is 5.73 Å². The van der Waals surface area contributed by atoms with Gasteiger partial charge in [0.2, 0.25) is 0 Å². The van der Waals surface area contributed by atoms with Gasteiger partial charge in [-0.05, 0) is 23.1 Å². The monoisotopic (exact) mass is 256 g/mol. The van der Waals surface area contributed by atoms with Crippen molar-refractivity contribution in [1.82, 2.24) is 0 Å². The summed E-state index contributed by atoms with van der Waals surface area (Å²) in [6.45, 7) is 5.62. The number of sulfonamides is 1. The first kappa shape index (κ1) is 13.7. The van der Waals surface area contributed by atoms with Crippen LogP contribution in [0.3, 0.4) is 0 Å². The van der Waals surface area contributed by atoms with Crippen LogP contribution in [0.25, 0.3) is 0 Å². The highest BCUT2D eigenvalue weighted by Crippen LogP contribution is 2.28. The van der Waals surface area contributed by atoms with Crippen LogP contribution in [-0.2, 0) is 15.4 Å². The molecule has 0 aliphatic carbocycles.